The molecule has 1 aromatic carbocycles. The molecule has 2 N–H and O–H groups in total. The average Bonchev–Trinajstić information content (AvgIpc) is 2.03. The number of hydrogen-bond donors (Lipinski definition) is 2. The lowest BCUT2D eigenvalue weighted by Gasteiger charge is -2.02. The molecular weight excluding hydrogens is 273 g/mol. The maximum atomic E-state index is 8.62. The average molecular weight is 281 g/mol. The summed E-state index contributed by atoms with van der Waals surface area (Å²) in [6.45, 7) is 0. The number of nitrogens with one attached hydrogen (secondary N) is 1. The van der Waals surface area contributed by atoms with E-state index in [1.807, 2.05) is 18.4 Å². The van der Waals surface area contributed by atoms with Gasteiger partial charge in [-0.2, -0.15) is 0 Å². The fourth-order valence-electron chi connectivity index (χ4n) is 0.745. The van der Waals surface area contributed by atoms with Crippen LogP contribution in [0.1, 0.15) is 0 Å². The molecule has 0 aliphatic rings. The van der Waals surface area contributed by atoms with Crippen molar-refractivity contribution in [3.63, 3.8) is 0 Å². The first-order valence-electron chi connectivity index (χ1n) is 3.01. The minimum Gasteiger partial charge on any atom is -0.291 e. The van der Waals surface area contributed by atoms with Gasteiger partial charge in [-0.05, 0) is 47.0 Å². The van der Waals surface area contributed by atoms with E-state index >= 15 is 0 Å². The molecule has 0 spiro atoms. The van der Waals surface area contributed by atoms with Crippen LogP contribution in [-0.2, 0) is 0 Å². The topological polar surface area (TPSA) is 32.3 Å². The fraction of sp³-hybridized carbons (Fsp3) is 0.143. The summed E-state index contributed by atoms with van der Waals surface area (Å²) in [6.07, 6.45) is 2.01. The first-order chi connectivity index (χ1) is 5.26. The molecule has 2 nitrogen and oxygen atoms in total. The van der Waals surface area contributed by atoms with Gasteiger partial charge in [0.05, 0.1) is 5.69 Å². The van der Waals surface area contributed by atoms with Gasteiger partial charge in [-0.1, -0.05) is 0 Å². The van der Waals surface area contributed by atoms with Crippen LogP contribution in [0.2, 0.25) is 0 Å². The monoisotopic (exact) mass is 281 g/mol. The van der Waals surface area contributed by atoms with Crippen LogP contribution in [-0.4, -0.2) is 11.5 Å². The molecule has 0 radical (unpaired) electrons. The van der Waals surface area contributed by atoms with E-state index in [1.54, 1.807) is 11.8 Å². The number of benzene rings is 1. The van der Waals surface area contributed by atoms with Gasteiger partial charge < -0.3 is 0 Å². The van der Waals surface area contributed by atoms with E-state index in [0.29, 0.717) is 0 Å². The second kappa shape index (κ2) is 4.18. The predicted molar refractivity (Wildman–Crippen MR) is 56.3 cm³/mol. The maximum absolute atomic E-state index is 8.62. The van der Waals surface area contributed by atoms with Crippen LogP contribution < -0.4 is 5.48 Å². The molecule has 1 rings (SSSR count). The van der Waals surface area contributed by atoms with Gasteiger partial charge in [0.15, 0.2) is 0 Å². The third-order valence-corrected chi connectivity index (χ3v) is 2.57. The standard InChI is InChI=1S/C7H8INOS/c1-11-7-3-5(8)2-6(4-7)9-10/h2-4,9-10H,1H3. The SMILES string of the molecule is CSc1cc(I)cc(NO)c1. The van der Waals surface area contributed by atoms with Crippen LogP contribution in [0, 0.1) is 3.57 Å². The smallest absolute Gasteiger partial charge is 0.0623 e. The third kappa shape index (κ3) is 2.53. The summed E-state index contributed by atoms with van der Waals surface area (Å²) in [4.78, 5) is 1.15. The second-order valence-electron chi connectivity index (χ2n) is 1.99. The quantitative estimate of drug-likeness (QED) is 0.496. The Kier molecular flexibility index (Phi) is 3.47. The van der Waals surface area contributed by atoms with Crippen molar-refractivity contribution in [2.45, 2.75) is 4.90 Å². The Morgan fingerprint density at radius 2 is 2.18 bits per heavy atom. The molecule has 60 valence electrons. The molecule has 0 unspecified atom stereocenters. The second-order valence-corrected chi connectivity index (χ2v) is 4.12. The first-order valence-corrected chi connectivity index (χ1v) is 5.31. The maximum Gasteiger partial charge on any atom is 0.0623 e. The van der Waals surface area contributed by atoms with E-state index in [2.05, 4.69) is 34.1 Å². The minimum absolute atomic E-state index is 0.737. The molecule has 0 aliphatic heterocycles. The number of thioether (sulfide) groups is 1. The van der Waals surface area contributed by atoms with E-state index < -0.39 is 0 Å². The van der Waals surface area contributed by atoms with E-state index in [-0.39, 0.29) is 0 Å². The lowest BCUT2D eigenvalue weighted by Crippen LogP contribution is -1.89. The lowest BCUT2D eigenvalue weighted by molar-refractivity contribution is 0.388. The highest BCUT2D eigenvalue weighted by atomic mass is 127. The van der Waals surface area contributed by atoms with Crippen LogP contribution in [0.3, 0.4) is 0 Å². The normalized spacial score (nSPS) is 9.73. The molecular formula is C7H8INOS. The Labute approximate surface area is 83.5 Å². The summed E-state index contributed by atoms with van der Waals surface area (Å²) in [6, 6.07) is 5.83. The molecule has 0 fully saturated rings. The summed E-state index contributed by atoms with van der Waals surface area (Å²) < 4.78 is 1.12. The van der Waals surface area contributed by atoms with Gasteiger partial charge in [-0.3, -0.25) is 10.7 Å². The Morgan fingerprint density at radius 3 is 2.73 bits per heavy atom. The molecule has 4 heteroatoms. The van der Waals surface area contributed by atoms with E-state index in [0.717, 1.165) is 14.2 Å². The van der Waals surface area contributed by atoms with Gasteiger partial charge in [0, 0.05) is 8.47 Å². The van der Waals surface area contributed by atoms with Crippen molar-refractivity contribution in [3.8, 4) is 0 Å². The highest BCUT2D eigenvalue weighted by molar-refractivity contribution is 14.1. The molecule has 1 aromatic rings. The van der Waals surface area contributed by atoms with E-state index in [1.165, 1.54) is 0 Å². The van der Waals surface area contributed by atoms with Crippen molar-refractivity contribution in [2.24, 2.45) is 0 Å². The minimum atomic E-state index is 0.737. The molecule has 0 atom stereocenters. The first kappa shape index (κ1) is 9.15. The van der Waals surface area contributed by atoms with Gasteiger partial charge >= 0.3 is 0 Å². The van der Waals surface area contributed by atoms with Crippen molar-refractivity contribution in [3.05, 3.63) is 21.8 Å². The molecule has 0 aromatic heterocycles. The summed E-state index contributed by atoms with van der Waals surface area (Å²) in [5.74, 6) is 0. The molecule has 0 bridgehead atoms. The van der Waals surface area contributed by atoms with Crippen LogP contribution in [0.4, 0.5) is 5.69 Å². The van der Waals surface area contributed by atoms with Crippen molar-refractivity contribution in [1.29, 1.82) is 0 Å². The van der Waals surface area contributed by atoms with Crippen LogP contribution in [0.5, 0.6) is 0 Å². The van der Waals surface area contributed by atoms with Crippen molar-refractivity contribution in [1.82, 2.24) is 0 Å². The largest absolute Gasteiger partial charge is 0.291 e. The summed E-state index contributed by atoms with van der Waals surface area (Å²) in [5.41, 5.74) is 2.86. The molecule has 0 aliphatic carbocycles. The van der Waals surface area contributed by atoms with Crippen molar-refractivity contribution in [2.75, 3.05) is 11.7 Å². The van der Waals surface area contributed by atoms with Gasteiger partial charge in [0.1, 0.15) is 0 Å². The summed E-state index contributed by atoms with van der Waals surface area (Å²) >= 11 is 3.87. The number of halogens is 1. The lowest BCUT2D eigenvalue weighted by atomic mass is 10.3. The number of hydrogen-bond acceptors (Lipinski definition) is 3. The molecule has 0 saturated heterocycles. The molecule has 0 heterocycles. The molecule has 11 heavy (non-hydrogen) atoms. The highest BCUT2D eigenvalue weighted by Gasteiger charge is 1.96. The molecule has 0 amide bonds. The van der Waals surface area contributed by atoms with Crippen molar-refractivity contribution >= 4 is 40.0 Å². The van der Waals surface area contributed by atoms with Crippen LogP contribution in [0.25, 0.3) is 0 Å². The summed E-state index contributed by atoms with van der Waals surface area (Å²) in [5, 5.41) is 8.62. The van der Waals surface area contributed by atoms with Gasteiger partial charge in [0.2, 0.25) is 0 Å². The third-order valence-electron chi connectivity index (χ3n) is 1.24. The number of anilines is 1. The Balaban J connectivity index is 3.02. The van der Waals surface area contributed by atoms with Gasteiger partial charge in [-0.15, -0.1) is 11.8 Å². The Bertz CT molecular complexity index is 232. The summed E-state index contributed by atoms with van der Waals surface area (Å²) in [7, 11) is 0. The van der Waals surface area contributed by atoms with Gasteiger partial charge in [-0.25, -0.2) is 0 Å². The van der Waals surface area contributed by atoms with Crippen LogP contribution >= 0.6 is 34.4 Å². The fourth-order valence-corrected chi connectivity index (χ4v) is 2.12. The molecule has 0 saturated carbocycles. The Morgan fingerprint density at radius 1 is 1.45 bits per heavy atom. The predicted octanol–water partition coefficient (Wildman–Crippen LogP) is 2.81. The van der Waals surface area contributed by atoms with E-state index in [9.17, 15) is 0 Å². The zero-order chi connectivity index (χ0) is 8.27. The Hall–Kier alpha value is 0.0600. The van der Waals surface area contributed by atoms with E-state index in [4.69, 9.17) is 5.21 Å². The zero-order valence-electron chi connectivity index (χ0n) is 5.97. The van der Waals surface area contributed by atoms with Crippen LogP contribution in [0.15, 0.2) is 23.1 Å². The van der Waals surface area contributed by atoms with Gasteiger partial charge in [0.25, 0.3) is 0 Å². The highest BCUT2D eigenvalue weighted by Crippen LogP contribution is 2.22. The zero-order valence-corrected chi connectivity index (χ0v) is 8.94. The number of rotatable bonds is 2. The van der Waals surface area contributed by atoms with Crippen molar-refractivity contribution < 1.29 is 5.21 Å².